The summed E-state index contributed by atoms with van der Waals surface area (Å²) in [4.78, 5) is 9.24. The summed E-state index contributed by atoms with van der Waals surface area (Å²) in [6.45, 7) is 7.17. The van der Waals surface area contributed by atoms with Gasteiger partial charge in [0.15, 0.2) is 11.6 Å². The highest BCUT2D eigenvalue weighted by Crippen LogP contribution is 2.29. The summed E-state index contributed by atoms with van der Waals surface area (Å²) in [7, 11) is 0. The molecule has 0 radical (unpaired) electrons. The van der Waals surface area contributed by atoms with Crippen LogP contribution in [0.3, 0.4) is 0 Å². The molecule has 2 heterocycles. The maximum atomic E-state index is 5.51. The first-order valence-corrected chi connectivity index (χ1v) is 7.81. The van der Waals surface area contributed by atoms with Crippen molar-refractivity contribution in [2.45, 2.75) is 40.0 Å². The molecule has 108 valence electrons. The van der Waals surface area contributed by atoms with E-state index in [-0.39, 0.29) is 0 Å². The van der Waals surface area contributed by atoms with Crippen LogP contribution in [-0.4, -0.2) is 16.5 Å². The number of aromatic nitrogens is 2. The minimum atomic E-state index is 0.651. The quantitative estimate of drug-likeness (QED) is 0.837. The van der Waals surface area contributed by atoms with E-state index >= 15 is 0 Å². The largest absolute Gasteiger partial charge is 0.461 e. The van der Waals surface area contributed by atoms with Gasteiger partial charge in [0.1, 0.15) is 5.82 Å². The van der Waals surface area contributed by atoms with Crippen LogP contribution >= 0.6 is 15.9 Å². The van der Waals surface area contributed by atoms with E-state index in [9.17, 15) is 0 Å². The normalized spacial score (nSPS) is 10.8. The first-order valence-electron chi connectivity index (χ1n) is 7.02. The Kier molecular flexibility index (Phi) is 5.17. The van der Waals surface area contributed by atoms with Gasteiger partial charge < -0.3 is 9.73 Å². The summed E-state index contributed by atoms with van der Waals surface area (Å²) in [5.41, 5.74) is 2.07. The van der Waals surface area contributed by atoms with Crippen LogP contribution < -0.4 is 5.32 Å². The van der Waals surface area contributed by atoms with E-state index in [1.165, 1.54) is 0 Å². The zero-order valence-electron chi connectivity index (χ0n) is 12.2. The van der Waals surface area contributed by atoms with Crippen LogP contribution in [0, 0.1) is 6.92 Å². The monoisotopic (exact) mass is 337 g/mol. The van der Waals surface area contributed by atoms with E-state index < -0.39 is 0 Å². The van der Waals surface area contributed by atoms with Gasteiger partial charge in [0.25, 0.3) is 0 Å². The predicted octanol–water partition coefficient (Wildman–Crippen LogP) is 4.58. The predicted molar refractivity (Wildman–Crippen MR) is 84.9 cm³/mol. The van der Waals surface area contributed by atoms with E-state index in [0.717, 1.165) is 53.1 Å². The smallest absolute Gasteiger partial charge is 0.198 e. The van der Waals surface area contributed by atoms with E-state index in [4.69, 9.17) is 4.42 Å². The zero-order valence-corrected chi connectivity index (χ0v) is 13.7. The lowest BCUT2D eigenvalue weighted by Gasteiger charge is -2.11. The fourth-order valence-electron chi connectivity index (χ4n) is 1.96. The average molecular weight is 338 g/mol. The molecule has 0 atom stereocenters. The number of anilines is 1. The van der Waals surface area contributed by atoms with Gasteiger partial charge >= 0.3 is 0 Å². The fourth-order valence-corrected chi connectivity index (χ4v) is 2.48. The van der Waals surface area contributed by atoms with Gasteiger partial charge in [-0.25, -0.2) is 9.97 Å². The molecule has 0 spiro atoms. The molecule has 1 N–H and O–H groups in total. The molecule has 0 aliphatic rings. The Morgan fingerprint density at radius 2 is 2.05 bits per heavy atom. The number of furan rings is 1. The van der Waals surface area contributed by atoms with Crippen molar-refractivity contribution in [1.82, 2.24) is 9.97 Å². The van der Waals surface area contributed by atoms with Crippen LogP contribution in [0.1, 0.15) is 37.9 Å². The summed E-state index contributed by atoms with van der Waals surface area (Å²) < 4.78 is 6.47. The molecule has 4 nitrogen and oxygen atoms in total. The van der Waals surface area contributed by atoms with Crippen molar-refractivity contribution >= 4 is 21.7 Å². The Labute approximate surface area is 128 Å². The molecular weight excluding hydrogens is 318 g/mol. The van der Waals surface area contributed by atoms with E-state index in [2.05, 4.69) is 45.1 Å². The molecule has 20 heavy (non-hydrogen) atoms. The van der Waals surface area contributed by atoms with Crippen LogP contribution in [0.15, 0.2) is 21.2 Å². The number of nitrogens with one attached hydrogen (secondary N) is 1. The van der Waals surface area contributed by atoms with Crippen molar-refractivity contribution in [3.63, 3.8) is 0 Å². The summed E-state index contributed by atoms with van der Waals surface area (Å²) in [5, 5.41) is 3.34. The van der Waals surface area contributed by atoms with Crippen molar-refractivity contribution in [3.05, 3.63) is 28.1 Å². The molecule has 5 heteroatoms. The van der Waals surface area contributed by atoms with Gasteiger partial charge in [-0.05, 0) is 47.3 Å². The van der Waals surface area contributed by atoms with Gasteiger partial charge in [-0.15, -0.1) is 0 Å². The number of rotatable bonds is 6. The maximum Gasteiger partial charge on any atom is 0.198 e. The first kappa shape index (κ1) is 15.0. The standard InChI is InChI=1S/C15H20BrN3O/c1-4-6-11-12(16)14(17-8-5-2)19-15(18-11)13-10(3)7-9-20-13/h7,9H,4-6,8H2,1-3H3,(H,17,18,19). The van der Waals surface area contributed by atoms with E-state index in [1.807, 2.05) is 13.0 Å². The zero-order chi connectivity index (χ0) is 14.5. The van der Waals surface area contributed by atoms with Gasteiger partial charge in [0, 0.05) is 6.54 Å². The third-order valence-electron chi connectivity index (χ3n) is 3.01. The maximum absolute atomic E-state index is 5.51. The molecule has 0 amide bonds. The lowest BCUT2D eigenvalue weighted by atomic mass is 10.2. The highest BCUT2D eigenvalue weighted by Gasteiger charge is 2.16. The minimum absolute atomic E-state index is 0.651. The molecular formula is C15H20BrN3O. The molecule has 2 aromatic rings. The van der Waals surface area contributed by atoms with Crippen LogP contribution in [-0.2, 0) is 6.42 Å². The van der Waals surface area contributed by atoms with Crippen LogP contribution in [0.4, 0.5) is 5.82 Å². The van der Waals surface area contributed by atoms with Gasteiger partial charge in [-0.3, -0.25) is 0 Å². The summed E-state index contributed by atoms with van der Waals surface area (Å²) >= 11 is 3.61. The van der Waals surface area contributed by atoms with E-state index in [1.54, 1.807) is 6.26 Å². The molecule has 0 saturated carbocycles. The number of halogens is 1. The number of hydrogen-bond acceptors (Lipinski definition) is 4. The highest BCUT2D eigenvalue weighted by molar-refractivity contribution is 9.10. The third kappa shape index (κ3) is 3.20. The molecule has 0 unspecified atom stereocenters. The summed E-state index contributed by atoms with van der Waals surface area (Å²) in [6.07, 6.45) is 4.68. The van der Waals surface area contributed by atoms with Crippen LogP contribution in [0.25, 0.3) is 11.6 Å². The van der Waals surface area contributed by atoms with E-state index in [0.29, 0.717) is 5.82 Å². The SMILES string of the molecule is CCCNc1nc(-c2occc2C)nc(CCC)c1Br. The van der Waals surface area contributed by atoms with Crippen molar-refractivity contribution in [3.8, 4) is 11.6 Å². The molecule has 2 aromatic heterocycles. The molecule has 0 aromatic carbocycles. The molecule has 2 rings (SSSR count). The Hall–Kier alpha value is -1.36. The van der Waals surface area contributed by atoms with Crippen molar-refractivity contribution in [2.75, 3.05) is 11.9 Å². The number of nitrogens with zero attached hydrogens (tertiary/aromatic N) is 2. The second-order valence-electron chi connectivity index (χ2n) is 4.77. The van der Waals surface area contributed by atoms with Gasteiger partial charge in [0.05, 0.1) is 16.4 Å². The Balaban J connectivity index is 2.46. The van der Waals surface area contributed by atoms with Crippen molar-refractivity contribution in [1.29, 1.82) is 0 Å². The van der Waals surface area contributed by atoms with Gasteiger partial charge in [-0.1, -0.05) is 20.3 Å². The van der Waals surface area contributed by atoms with Crippen molar-refractivity contribution in [2.24, 2.45) is 0 Å². The molecule has 0 aliphatic carbocycles. The van der Waals surface area contributed by atoms with Crippen molar-refractivity contribution < 1.29 is 4.42 Å². The minimum Gasteiger partial charge on any atom is -0.461 e. The summed E-state index contributed by atoms with van der Waals surface area (Å²) in [6, 6.07) is 1.93. The van der Waals surface area contributed by atoms with Crippen LogP contribution in [0.5, 0.6) is 0 Å². The second-order valence-corrected chi connectivity index (χ2v) is 5.56. The first-order chi connectivity index (χ1) is 9.67. The Morgan fingerprint density at radius 1 is 1.25 bits per heavy atom. The molecule has 0 saturated heterocycles. The number of hydrogen-bond donors (Lipinski definition) is 1. The third-order valence-corrected chi connectivity index (χ3v) is 3.85. The molecule has 0 fully saturated rings. The number of aryl methyl sites for hydroxylation is 2. The van der Waals surface area contributed by atoms with Crippen LogP contribution in [0.2, 0.25) is 0 Å². The highest BCUT2D eigenvalue weighted by atomic mass is 79.9. The van der Waals surface area contributed by atoms with Gasteiger partial charge in [0.2, 0.25) is 0 Å². The topological polar surface area (TPSA) is 51.0 Å². The lowest BCUT2D eigenvalue weighted by molar-refractivity contribution is 0.575. The fraction of sp³-hybridized carbons (Fsp3) is 0.467. The molecule has 0 bridgehead atoms. The average Bonchev–Trinajstić information content (AvgIpc) is 2.86. The Bertz CT molecular complexity index is 580. The molecule has 0 aliphatic heterocycles. The Morgan fingerprint density at radius 3 is 2.65 bits per heavy atom. The second kappa shape index (κ2) is 6.88. The summed E-state index contributed by atoms with van der Waals surface area (Å²) in [5.74, 6) is 2.24. The van der Waals surface area contributed by atoms with Gasteiger partial charge in [-0.2, -0.15) is 0 Å². The lowest BCUT2D eigenvalue weighted by Crippen LogP contribution is -2.07.